The van der Waals surface area contributed by atoms with E-state index in [1.807, 2.05) is 4.90 Å². The molecule has 4 heteroatoms. The number of hydrogen-bond donors (Lipinski definition) is 1. The van der Waals surface area contributed by atoms with Crippen molar-refractivity contribution in [1.82, 2.24) is 4.90 Å². The second-order valence-corrected chi connectivity index (χ2v) is 5.28. The Labute approximate surface area is 107 Å². The molecule has 0 bridgehead atoms. The SMILES string of the molecule is CC1CN(C(=O)c2c(N)cccc2Cl)CC1C. The molecule has 1 saturated heterocycles. The van der Waals surface area contributed by atoms with Gasteiger partial charge in [-0.2, -0.15) is 0 Å². The van der Waals surface area contributed by atoms with Crippen molar-refractivity contribution in [3.05, 3.63) is 28.8 Å². The Hall–Kier alpha value is -1.22. The molecular formula is C13H17ClN2O. The topological polar surface area (TPSA) is 46.3 Å². The van der Waals surface area contributed by atoms with Crippen LogP contribution in [0.2, 0.25) is 5.02 Å². The van der Waals surface area contributed by atoms with E-state index in [0.717, 1.165) is 13.1 Å². The van der Waals surface area contributed by atoms with Crippen LogP contribution in [0.3, 0.4) is 0 Å². The van der Waals surface area contributed by atoms with E-state index in [4.69, 9.17) is 17.3 Å². The van der Waals surface area contributed by atoms with Gasteiger partial charge in [-0.3, -0.25) is 4.79 Å². The van der Waals surface area contributed by atoms with Gasteiger partial charge in [0.05, 0.1) is 10.6 Å². The summed E-state index contributed by atoms with van der Waals surface area (Å²) in [5.74, 6) is 1.01. The minimum Gasteiger partial charge on any atom is -0.398 e. The van der Waals surface area contributed by atoms with Gasteiger partial charge in [-0.1, -0.05) is 31.5 Å². The summed E-state index contributed by atoms with van der Waals surface area (Å²) in [4.78, 5) is 14.2. The monoisotopic (exact) mass is 252 g/mol. The molecule has 2 rings (SSSR count). The van der Waals surface area contributed by atoms with Gasteiger partial charge in [0.1, 0.15) is 0 Å². The molecule has 3 nitrogen and oxygen atoms in total. The zero-order valence-electron chi connectivity index (χ0n) is 10.1. The van der Waals surface area contributed by atoms with Crippen LogP contribution >= 0.6 is 11.6 Å². The van der Waals surface area contributed by atoms with E-state index in [9.17, 15) is 4.79 Å². The predicted molar refractivity (Wildman–Crippen MR) is 70.1 cm³/mol. The van der Waals surface area contributed by atoms with E-state index in [1.165, 1.54) is 0 Å². The van der Waals surface area contributed by atoms with Crippen LogP contribution in [-0.4, -0.2) is 23.9 Å². The van der Waals surface area contributed by atoms with Crippen LogP contribution in [0.4, 0.5) is 5.69 Å². The maximum Gasteiger partial charge on any atom is 0.257 e. The molecule has 0 radical (unpaired) electrons. The largest absolute Gasteiger partial charge is 0.398 e. The van der Waals surface area contributed by atoms with E-state index in [-0.39, 0.29) is 5.91 Å². The summed E-state index contributed by atoms with van der Waals surface area (Å²) in [7, 11) is 0. The maximum atomic E-state index is 12.3. The van der Waals surface area contributed by atoms with Crippen molar-refractivity contribution in [2.45, 2.75) is 13.8 Å². The van der Waals surface area contributed by atoms with Gasteiger partial charge in [-0.25, -0.2) is 0 Å². The van der Waals surface area contributed by atoms with E-state index >= 15 is 0 Å². The Morgan fingerprint density at radius 2 is 1.94 bits per heavy atom. The lowest BCUT2D eigenvalue weighted by atomic mass is 10.0. The molecule has 1 fully saturated rings. The molecule has 1 aliphatic heterocycles. The van der Waals surface area contributed by atoms with Gasteiger partial charge in [0.15, 0.2) is 0 Å². The van der Waals surface area contributed by atoms with Gasteiger partial charge in [0.2, 0.25) is 0 Å². The molecule has 17 heavy (non-hydrogen) atoms. The van der Waals surface area contributed by atoms with E-state index in [1.54, 1.807) is 18.2 Å². The van der Waals surface area contributed by atoms with Crippen molar-refractivity contribution in [1.29, 1.82) is 0 Å². The average molecular weight is 253 g/mol. The molecule has 2 N–H and O–H groups in total. The first kappa shape index (κ1) is 12.2. The minimum absolute atomic E-state index is 0.0516. The van der Waals surface area contributed by atoms with E-state index < -0.39 is 0 Å². The summed E-state index contributed by atoms with van der Waals surface area (Å²) in [5.41, 5.74) is 6.72. The third kappa shape index (κ3) is 2.25. The number of carbonyl (C=O) groups is 1. The third-order valence-electron chi connectivity index (χ3n) is 3.54. The number of amides is 1. The Morgan fingerprint density at radius 3 is 2.47 bits per heavy atom. The Morgan fingerprint density at radius 1 is 1.35 bits per heavy atom. The van der Waals surface area contributed by atoms with Crippen LogP contribution in [0.5, 0.6) is 0 Å². The fraction of sp³-hybridized carbons (Fsp3) is 0.462. The molecule has 1 aromatic carbocycles. The van der Waals surface area contributed by atoms with Crippen LogP contribution in [0.25, 0.3) is 0 Å². The number of nitrogens with zero attached hydrogens (tertiary/aromatic N) is 1. The molecule has 92 valence electrons. The molecule has 2 atom stereocenters. The van der Waals surface area contributed by atoms with Crippen LogP contribution in [0.15, 0.2) is 18.2 Å². The summed E-state index contributed by atoms with van der Waals surface area (Å²) < 4.78 is 0. The number of carbonyl (C=O) groups excluding carboxylic acids is 1. The van der Waals surface area contributed by atoms with E-state index in [0.29, 0.717) is 28.1 Å². The molecule has 2 unspecified atom stereocenters. The summed E-state index contributed by atoms with van der Waals surface area (Å²) in [6.07, 6.45) is 0. The normalized spacial score (nSPS) is 24.1. The molecule has 1 aliphatic rings. The number of anilines is 1. The Bertz CT molecular complexity index is 417. The number of halogens is 1. The van der Waals surface area contributed by atoms with Gasteiger partial charge in [-0.05, 0) is 24.0 Å². The van der Waals surface area contributed by atoms with E-state index in [2.05, 4.69) is 13.8 Å². The highest BCUT2D eigenvalue weighted by atomic mass is 35.5. The highest BCUT2D eigenvalue weighted by Gasteiger charge is 2.31. The third-order valence-corrected chi connectivity index (χ3v) is 3.85. The van der Waals surface area contributed by atoms with Gasteiger partial charge in [0.25, 0.3) is 5.91 Å². The van der Waals surface area contributed by atoms with Crippen molar-refractivity contribution < 1.29 is 4.79 Å². The van der Waals surface area contributed by atoms with Crippen molar-refractivity contribution in [3.8, 4) is 0 Å². The summed E-state index contributed by atoms with van der Waals surface area (Å²) >= 11 is 6.05. The van der Waals surface area contributed by atoms with Crippen molar-refractivity contribution >= 4 is 23.2 Å². The van der Waals surface area contributed by atoms with Crippen LogP contribution < -0.4 is 5.73 Å². The number of likely N-dealkylation sites (tertiary alicyclic amines) is 1. The lowest BCUT2D eigenvalue weighted by molar-refractivity contribution is 0.0786. The molecule has 0 spiro atoms. The quantitative estimate of drug-likeness (QED) is 0.781. The fourth-order valence-electron chi connectivity index (χ4n) is 2.22. The molecule has 0 saturated carbocycles. The van der Waals surface area contributed by atoms with Gasteiger partial charge in [0, 0.05) is 18.8 Å². The Balaban J connectivity index is 2.27. The van der Waals surface area contributed by atoms with Crippen molar-refractivity contribution in [2.24, 2.45) is 11.8 Å². The van der Waals surface area contributed by atoms with Gasteiger partial charge < -0.3 is 10.6 Å². The number of benzene rings is 1. The molecule has 1 heterocycles. The summed E-state index contributed by atoms with van der Waals surface area (Å²) in [5, 5.41) is 0.433. The molecule has 1 aromatic rings. The van der Waals surface area contributed by atoms with Crippen LogP contribution in [0, 0.1) is 11.8 Å². The van der Waals surface area contributed by atoms with Crippen molar-refractivity contribution in [3.63, 3.8) is 0 Å². The second-order valence-electron chi connectivity index (χ2n) is 4.87. The second kappa shape index (κ2) is 4.57. The molecule has 0 aromatic heterocycles. The smallest absolute Gasteiger partial charge is 0.257 e. The number of nitrogens with two attached hydrogens (primary N) is 1. The number of nitrogen functional groups attached to an aromatic ring is 1. The molecular weight excluding hydrogens is 236 g/mol. The predicted octanol–water partition coefficient (Wildman–Crippen LogP) is 2.65. The lowest BCUT2D eigenvalue weighted by Gasteiger charge is -2.18. The zero-order valence-corrected chi connectivity index (χ0v) is 10.9. The minimum atomic E-state index is -0.0516. The van der Waals surface area contributed by atoms with Gasteiger partial charge in [-0.15, -0.1) is 0 Å². The number of rotatable bonds is 1. The first-order valence-electron chi connectivity index (χ1n) is 5.84. The van der Waals surface area contributed by atoms with Gasteiger partial charge >= 0.3 is 0 Å². The Kier molecular flexibility index (Phi) is 3.29. The standard InChI is InChI=1S/C13H17ClN2O/c1-8-6-16(7-9(8)2)13(17)12-10(14)4-3-5-11(12)15/h3-5,8-9H,6-7,15H2,1-2H3. The lowest BCUT2D eigenvalue weighted by Crippen LogP contribution is -2.29. The summed E-state index contributed by atoms with van der Waals surface area (Å²) in [6, 6.07) is 5.17. The highest BCUT2D eigenvalue weighted by Crippen LogP contribution is 2.28. The van der Waals surface area contributed by atoms with Crippen LogP contribution in [-0.2, 0) is 0 Å². The number of hydrogen-bond acceptors (Lipinski definition) is 2. The zero-order chi connectivity index (χ0) is 12.6. The maximum absolute atomic E-state index is 12.3. The fourth-order valence-corrected chi connectivity index (χ4v) is 2.48. The first-order chi connectivity index (χ1) is 8.00. The molecule has 0 aliphatic carbocycles. The molecule has 1 amide bonds. The van der Waals surface area contributed by atoms with Crippen LogP contribution in [0.1, 0.15) is 24.2 Å². The first-order valence-corrected chi connectivity index (χ1v) is 6.21. The summed E-state index contributed by atoms with van der Waals surface area (Å²) in [6.45, 7) is 5.89. The van der Waals surface area contributed by atoms with Crippen molar-refractivity contribution in [2.75, 3.05) is 18.8 Å². The highest BCUT2D eigenvalue weighted by molar-refractivity contribution is 6.34. The average Bonchev–Trinajstić information content (AvgIpc) is 2.59.